The van der Waals surface area contributed by atoms with E-state index < -0.39 is 6.09 Å². The molecule has 1 aliphatic rings. The standard InChI is InChI=1S/C36H42Cl2N6O5/c1-23-17-24(2)33(25(3)18-23)49-36(45)44(22-26-19-27(37)7-8-29(26)38)32-9-10-39-35(41-32)40-28-20-30(46-5)34(31(21-28)47-6)48-16-15-43-13-11-42(4)12-14-43/h7-10,17-21H,11-16,22H2,1-6H3,(H,39,40,41). The van der Waals surface area contributed by atoms with E-state index in [4.69, 9.17) is 42.1 Å². The number of aromatic nitrogens is 2. The van der Waals surface area contributed by atoms with E-state index >= 15 is 0 Å². The van der Waals surface area contributed by atoms with Crippen LogP contribution < -0.4 is 29.2 Å². The zero-order chi connectivity index (χ0) is 35.1. The molecule has 0 bridgehead atoms. The molecule has 0 unspecified atom stereocenters. The highest BCUT2D eigenvalue weighted by Gasteiger charge is 2.24. The maximum Gasteiger partial charge on any atom is 0.421 e. The molecule has 1 amide bonds. The number of hydrogen-bond acceptors (Lipinski definition) is 10. The second-order valence-electron chi connectivity index (χ2n) is 12.0. The lowest BCUT2D eigenvalue weighted by Gasteiger charge is -2.32. The van der Waals surface area contributed by atoms with E-state index in [1.165, 1.54) is 4.90 Å². The lowest BCUT2D eigenvalue weighted by atomic mass is 10.1. The van der Waals surface area contributed by atoms with Gasteiger partial charge in [-0.2, -0.15) is 4.98 Å². The monoisotopic (exact) mass is 708 g/mol. The number of halogens is 2. The summed E-state index contributed by atoms with van der Waals surface area (Å²) in [6, 6.07) is 14.2. The number of likely N-dealkylation sites (N-methyl/N-ethyl adjacent to an activating group) is 1. The Balaban J connectivity index is 1.39. The molecule has 1 fully saturated rings. The van der Waals surface area contributed by atoms with Gasteiger partial charge >= 0.3 is 6.09 Å². The van der Waals surface area contributed by atoms with Crippen molar-refractivity contribution in [1.29, 1.82) is 0 Å². The number of methoxy groups -OCH3 is 2. The molecular formula is C36H42Cl2N6O5. The topological polar surface area (TPSA) is 102 Å². The fourth-order valence-electron chi connectivity index (χ4n) is 5.68. The highest BCUT2D eigenvalue weighted by atomic mass is 35.5. The Kier molecular flexibility index (Phi) is 12.1. The number of piperazine rings is 1. The highest BCUT2D eigenvalue weighted by molar-refractivity contribution is 6.33. The van der Waals surface area contributed by atoms with Crippen molar-refractivity contribution in [3.63, 3.8) is 0 Å². The number of rotatable bonds is 12. The lowest BCUT2D eigenvalue weighted by Crippen LogP contribution is -2.45. The van der Waals surface area contributed by atoms with Gasteiger partial charge in [-0.15, -0.1) is 0 Å². The fourth-order valence-corrected chi connectivity index (χ4v) is 6.05. The number of carbonyl (C=O) groups excluding carboxylic acids is 1. The molecule has 0 radical (unpaired) electrons. The van der Waals surface area contributed by atoms with Crippen molar-refractivity contribution in [3.8, 4) is 23.0 Å². The van der Waals surface area contributed by atoms with Crippen LogP contribution in [0.15, 0.2) is 54.7 Å². The van der Waals surface area contributed by atoms with Gasteiger partial charge in [0.1, 0.15) is 18.2 Å². The van der Waals surface area contributed by atoms with E-state index in [9.17, 15) is 4.79 Å². The third-order valence-electron chi connectivity index (χ3n) is 8.23. The van der Waals surface area contributed by atoms with Gasteiger partial charge in [-0.05, 0) is 68.8 Å². The van der Waals surface area contributed by atoms with Gasteiger partial charge < -0.3 is 29.2 Å². The Bertz CT molecular complexity index is 1740. The number of anilines is 3. The molecule has 0 atom stereocenters. The molecule has 3 aromatic carbocycles. The van der Waals surface area contributed by atoms with E-state index in [2.05, 4.69) is 32.1 Å². The Labute approximate surface area is 297 Å². The number of nitrogens with one attached hydrogen (secondary N) is 1. The minimum Gasteiger partial charge on any atom is -0.493 e. The average molecular weight is 710 g/mol. The quantitative estimate of drug-likeness (QED) is 0.161. The predicted molar refractivity (Wildman–Crippen MR) is 194 cm³/mol. The summed E-state index contributed by atoms with van der Waals surface area (Å²) in [4.78, 5) is 29.1. The van der Waals surface area contributed by atoms with Crippen LogP contribution in [0.5, 0.6) is 23.0 Å². The Morgan fingerprint density at radius 1 is 0.918 bits per heavy atom. The van der Waals surface area contributed by atoms with Gasteiger partial charge in [0.05, 0.1) is 20.8 Å². The van der Waals surface area contributed by atoms with E-state index in [-0.39, 0.29) is 18.3 Å². The van der Waals surface area contributed by atoms with Crippen LogP contribution in [0.2, 0.25) is 10.0 Å². The minimum absolute atomic E-state index is 0.0421. The van der Waals surface area contributed by atoms with Gasteiger partial charge in [0, 0.05) is 66.8 Å². The van der Waals surface area contributed by atoms with Crippen LogP contribution in [-0.2, 0) is 6.54 Å². The summed E-state index contributed by atoms with van der Waals surface area (Å²) in [7, 11) is 5.28. The molecular weight excluding hydrogens is 667 g/mol. The number of nitrogens with zero attached hydrogens (tertiary/aromatic N) is 5. The largest absolute Gasteiger partial charge is 0.493 e. The van der Waals surface area contributed by atoms with Crippen molar-refractivity contribution in [3.05, 3.63) is 87.0 Å². The summed E-state index contributed by atoms with van der Waals surface area (Å²) in [6.45, 7) is 11.2. The van der Waals surface area contributed by atoms with Gasteiger partial charge in [0.2, 0.25) is 11.7 Å². The van der Waals surface area contributed by atoms with E-state index in [0.717, 1.165) is 49.4 Å². The Morgan fingerprint density at radius 3 is 2.24 bits per heavy atom. The molecule has 0 saturated carbocycles. The molecule has 5 rings (SSSR count). The fraction of sp³-hybridized carbons (Fsp3) is 0.361. The van der Waals surface area contributed by atoms with Gasteiger partial charge in [-0.3, -0.25) is 9.80 Å². The van der Waals surface area contributed by atoms with Gasteiger partial charge in [0.15, 0.2) is 11.5 Å². The van der Waals surface area contributed by atoms with Crippen LogP contribution in [-0.4, -0.2) is 86.5 Å². The molecule has 1 saturated heterocycles. The first-order valence-corrected chi connectivity index (χ1v) is 16.7. The summed E-state index contributed by atoms with van der Waals surface area (Å²) >= 11 is 12.8. The van der Waals surface area contributed by atoms with Gasteiger partial charge in [-0.25, -0.2) is 9.78 Å². The lowest BCUT2D eigenvalue weighted by molar-refractivity contribution is 0.131. The van der Waals surface area contributed by atoms with Crippen molar-refractivity contribution in [2.45, 2.75) is 27.3 Å². The summed E-state index contributed by atoms with van der Waals surface area (Å²) < 4.78 is 23.5. The summed E-state index contributed by atoms with van der Waals surface area (Å²) in [5.74, 6) is 2.47. The molecule has 260 valence electrons. The normalized spacial score (nSPS) is 13.6. The molecule has 49 heavy (non-hydrogen) atoms. The van der Waals surface area contributed by atoms with Crippen molar-refractivity contribution in [2.75, 3.05) is 70.8 Å². The van der Waals surface area contributed by atoms with Crippen molar-refractivity contribution in [2.24, 2.45) is 0 Å². The van der Waals surface area contributed by atoms with E-state index in [0.29, 0.717) is 50.9 Å². The first-order valence-electron chi connectivity index (χ1n) is 16.0. The third kappa shape index (κ3) is 9.24. The molecule has 0 spiro atoms. The second-order valence-corrected chi connectivity index (χ2v) is 12.8. The van der Waals surface area contributed by atoms with Crippen LogP contribution >= 0.6 is 23.2 Å². The van der Waals surface area contributed by atoms with Crippen LogP contribution in [0, 0.1) is 20.8 Å². The van der Waals surface area contributed by atoms with Crippen LogP contribution in [0.3, 0.4) is 0 Å². The maximum atomic E-state index is 13.9. The SMILES string of the molecule is COc1cc(Nc2nccc(N(Cc3cc(Cl)ccc3Cl)C(=O)Oc3c(C)cc(C)cc3C)n2)cc(OC)c1OCCN1CCN(C)CC1. The summed E-state index contributed by atoms with van der Waals surface area (Å²) in [5.41, 5.74) is 3.96. The van der Waals surface area contributed by atoms with Crippen molar-refractivity contribution >= 4 is 46.7 Å². The predicted octanol–water partition coefficient (Wildman–Crippen LogP) is 7.30. The van der Waals surface area contributed by atoms with Gasteiger partial charge in [0.25, 0.3) is 0 Å². The maximum absolute atomic E-state index is 13.9. The third-order valence-corrected chi connectivity index (χ3v) is 8.84. The first kappa shape index (κ1) is 36.0. The Morgan fingerprint density at radius 2 is 1.59 bits per heavy atom. The molecule has 0 aliphatic carbocycles. The van der Waals surface area contributed by atoms with Crippen LogP contribution in [0.4, 0.5) is 22.2 Å². The zero-order valence-corrected chi connectivity index (χ0v) is 30.2. The molecule has 11 nitrogen and oxygen atoms in total. The zero-order valence-electron chi connectivity index (χ0n) is 28.7. The summed E-state index contributed by atoms with van der Waals surface area (Å²) in [6.07, 6.45) is 0.911. The molecule has 1 N–H and O–H groups in total. The number of carbonyl (C=O) groups is 1. The summed E-state index contributed by atoms with van der Waals surface area (Å²) in [5, 5.41) is 4.14. The molecule has 13 heteroatoms. The molecule has 1 aromatic heterocycles. The molecule has 1 aliphatic heterocycles. The molecule has 4 aromatic rings. The Hall–Kier alpha value is -4.29. The van der Waals surface area contributed by atoms with Crippen molar-refractivity contribution < 1.29 is 23.7 Å². The number of benzene rings is 3. The highest BCUT2D eigenvalue weighted by Crippen LogP contribution is 2.41. The van der Waals surface area contributed by atoms with Crippen LogP contribution in [0.1, 0.15) is 22.3 Å². The first-order chi connectivity index (χ1) is 23.5. The smallest absolute Gasteiger partial charge is 0.421 e. The number of ether oxygens (including phenoxy) is 4. The molecule has 2 heterocycles. The minimum atomic E-state index is -0.642. The number of amides is 1. The van der Waals surface area contributed by atoms with E-state index in [1.807, 2.05) is 32.9 Å². The second kappa shape index (κ2) is 16.4. The van der Waals surface area contributed by atoms with Gasteiger partial charge in [-0.1, -0.05) is 40.9 Å². The average Bonchev–Trinajstić information content (AvgIpc) is 3.07. The van der Waals surface area contributed by atoms with Crippen molar-refractivity contribution in [1.82, 2.24) is 19.8 Å². The van der Waals surface area contributed by atoms with Crippen LogP contribution in [0.25, 0.3) is 0 Å². The number of aryl methyl sites for hydroxylation is 3. The van der Waals surface area contributed by atoms with E-state index in [1.54, 1.807) is 56.8 Å². The number of hydrogen-bond donors (Lipinski definition) is 1.